The van der Waals surface area contributed by atoms with Crippen LogP contribution in [0.5, 0.6) is 23.0 Å². The number of nitrogens with zero attached hydrogens (tertiary/aromatic N) is 2. The van der Waals surface area contributed by atoms with Crippen LogP contribution in [0.4, 0.5) is 20.2 Å². The molecule has 0 radical (unpaired) electrons. The maximum Gasteiger partial charge on any atom is 0.343 e. The minimum Gasteiger partial charge on any atom is -0.491 e. The summed E-state index contributed by atoms with van der Waals surface area (Å²) in [7, 11) is 0. The predicted octanol–water partition coefficient (Wildman–Crippen LogP) is 17.8. The van der Waals surface area contributed by atoms with Gasteiger partial charge in [-0.25, -0.2) is 18.4 Å². The van der Waals surface area contributed by atoms with Gasteiger partial charge in [-0.05, 0) is 78.6 Å². The van der Waals surface area contributed by atoms with Gasteiger partial charge in [0.15, 0.2) is 34.6 Å². The number of esters is 2. The third-order valence-electron chi connectivity index (χ3n) is 11.8. The van der Waals surface area contributed by atoms with Crippen molar-refractivity contribution in [3.05, 3.63) is 141 Å². The second-order valence-electron chi connectivity index (χ2n) is 17.5. The Morgan fingerprint density at radius 1 is 0.443 bits per heavy atom. The molecule has 0 heterocycles. The number of halogens is 4. The molecular weight excluding hydrogens is 930 g/mol. The Morgan fingerprint density at radius 3 is 1.13 bits per heavy atom. The van der Waals surface area contributed by atoms with Crippen molar-refractivity contribution in [2.24, 2.45) is 9.98 Å². The summed E-state index contributed by atoms with van der Waals surface area (Å²) in [5.41, 5.74) is 2.59. The van der Waals surface area contributed by atoms with E-state index in [0.717, 1.165) is 25.7 Å². The molecule has 0 saturated carbocycles. The van der Waals surface area contributed by atoms with Crippen LogP contribution in [0.15, 0.2) is 107 Å². The fourth-order valence-corrected chi connectivity index (χ4v) is 8.07. The summed E-state index contributed by atoms with van der Waals surface area (Å²) in [5.74, 6) is -2.13. The molecule has 0 fully saturated rings. The third kappa shape index (κ3) is 20.0. The van der Waals surface area contributed by atoms with Crippen LogP contribution in [0.2, 0.25) is 10.0 Å². The van der Waals surface area contributed by atoms with Gasteiger partial charge in [0, 0.05) is 30.6 Å². The van der Waals surface area contributed by atoms with Crippen LogP contribution in [0.1, 0.15) is 174 Å². The highest BCUT2D eigenvalue weighted by atomic mass is 35.5. The number of carbonyl (C=O) groups is 2. The summed E-state index contributed by atoms with van der Waals surface area (Å²) < 4.78 is 52.1. The largest absolute Gasteiger partial charge is 0.491 e. The fraction of sp³-hybridized carbons (Fsp3) is 0.414. The first-order valence-corrected chi connectivity index (χ1v) is 26.0. The van der Waals surface area contributed by atoms with Gasteiger partial charge in [-0.1, -0.05) is 177 Å². The highest BCUT2D eigenvalue weighted by Crippen LogP contribution is 2.37. The van der Waals surface area contributed by atoms with Crippen LogP contribution in [0, 0.1) is 11.6 Å². The number of carbonyl (C=O) groups excluding carboxylic acids is 2. The van der Waals surface area contributed by atoms with Gasteiger partial charge >= 0.3 is 11.9 Å². The average Bonchev–Trinajstić information content (AvgIpc) is 3.36. The van der Waals surface area contributed by atoms with Crippen LogP contribution in [0.25, 0.3) is 0 Å². The van der Waals surface area contributed by atoms with E-state index >= 15 is 0 Å². The zero-order valence-corrected chi connectivity index (χ0v) is 42.3. The fourth-order valence-electron chi connectivity index (χ4n) is 7.61. The first-order valence-electron chi connectivity index (χ1n) is 25.2. The molecule has 0 N–H and O–H groups in total. The van der Waals surface area contributed by atoms with E-state index < -0.39 is 23.6 Å². The Kier molecular flexibility index (Phi) is 25.0. The van der Waals surface area contributed by atoms with Crippen LogP contribution >= 0.6 is 23.2 Å². The van der Waals surface area contributed by atoms with E-state index in [0.29, 0.717) is 35.7 Å². The third-order valence-corrected chi connectivity index (χ3v) is 12.3. The van der Waals surface area contributed by atoms with Crippen molar-refractivity contribution < 1.29 is 37.3 Å². The van der Waals surface area contributed by atoms with E-state index in [1.54, 1.807) is 85.2 Å². The van der Waals surface area contributed by atoms with Gasteiger partial charge in [0.05, 0.1) is 45.8 Å². The molecule has 0 aromatic heterocycles. The second kappa shape index (κ2) is 31.6. The molecule has 0 unspecified atom stereocenters. The maximum absolute atomic E-state index is 14.8. The summed E-state index contributed by atoms with van der Waals surface area (Å²) in [5, 5.41) is 0.0544. The molecule has 0 spiro atoms. The Morgan fingerprint density at radius 2 is 0.786 bits per heavy atom. The van der Waals surface area contributed by atoms with E-state index in [1.165, 1.54) is 127 Å². The predicted molar refractivity (Wildman–Crippen MR) is 281 cm³/mol. The Labute approximate surface area is 423 Å². The molecule has 0 aliphatic heterocycles. The summed E-state index contributed by atoms with van der Waals surface area (Å²) in [6.07, 6.45) is 27.5. The standard InChI is InChI=1S/C58H68Cl2F2N2O6/c1-3-5-7-9-11-13-15-17-19-21-35-67-53-33-31-47(37-51(53)61)63-41-43-23-27-45(28-24-43)57(65)69-55-40-56(50(60)39-49(55)59)70-58(66)46-29-25-44(26-30-46)42-64-48-32-34-54(52(62)38-48)68-36-22-20-18-16-14-12-10-8-6-4-2/h23-34,37-42H,3-22,35-36H2,1-2H3. The second-order valence-corrected chi connectivity index (χ2v) is 18.4. The molecule has 0 amide bonds. The van der Waals surface area contributed by atoms with Crippen molar-refractivity contribution in [2.75, 3.05) is 13.2 Å². The van der Waals surface area contributed by atoms with E-state index in [2.05, 4.69) is 23.8 Å². The smallest absolute Gasteiger partial charge is 0.343 e. The van der Waals surface area contributed by atoms with Crippen molar-refractivity contribution in [3.8, 4) is 23.0 Å². The van der Waals surface area contributed by atoms with Crippen molar-refractivity contribution in [3.63, 3.8) is 0 Å². The number of hydrogen-bond acceptors (Lipinski definition) is 8. The SMILES string of the molecule is CCCCCCCCCCCCOc1ccc(N=Cc2ccc(C(=O)Oc3cc(OC(=O)c4ccc(C=Nc5ccc(OCCCCCCCCCCCC)c(F)c5)cc4)c(Cl)cc3Cl)cc2)cc1F. The van der Waals surface area contributed by atoms with Crippen LogP contribution in [0.3, 0.4) is 0 Å². The number of aliphatic imine (C=N–C) groups is 2. The highest BCUT2D eigenvalue weighted by molar-refractivity contribution is 6.36. The van der Waals surface area contributed by atoms with Crippen molar-refractivity contribution in [1.82, 2.24) is 0 Å². The van der Waals surface area contributed by atoms with Gasteiger partial charge < -0.3 is 18.9 Å². The molecule has 0 aliphatic carbocycles. The topological polar surface area (TPSA) is 95.8 Å². The lowest BCUT2D eigenvalue weighted by Gasteiger charge is -2.11. The highest BCUT2D eigenvalue weighted by Gasteiger charge is 2.18. The lowest BCUT2D eigenvalue weighted by molar-refractivity contribution is 0.0732. The Bertz CT molecular complexity index is 2260. The first-order chi connectivity index (χ1) is 34.1. The molecule has 0 saturated heterocycles. The van der Waals surface area contributed by atoms with Gasteiger partial charge in [0.2, 0.25) is 0 Å². The van der Waals surface area contributed by atoms with Crippen molar-refractivity contribution in [2.45, 2.75) is 142 Å². The summed E-state index contributed by atoms with van der Waals surface area (Å²) >= 11 is 12.7. The van der Waals surface area contributed by atoms with Crippen LogP contribution in [-0.4, -0.2) is 37.6 Å². The summed E-state index contributed by atoms with van der Waals surface area (Å²) in [6.45, 7) is 5.40. The zero-order chi connectivity index (χ0) is 49.8. The zero-order valence-electron chi connectivity index (χ0n) is 40.8. The van der Waals surface area contributed by atoms with E-state index in [1.807, 2.05) is 0 Å². The summed E-state index contributed by atoms with van der Waals surface area (Å²) in [6, 6.07) is 24.7. The maximum atomic E-state index is 14.8. The van der Waals surface area contributed by atoms with Crippen LogP contribution in [-0.2, 0) is 0 Å². The van der Waals surface area contributed by atoms with E-state index in [-0.39, 0.29) is 44.2 Å². The van der Waals surface area contributed by atoms with Gasteiger partial charge in [-0.2, -0.15) is 0 Å². The molecule has 5 rings (SSSR count). The van der Waals surface area contributed by atoms with Gasteiger partial charge in [-0.3, -0.25) is 9.98 Å². The molecule has 0 atom stereocenters. The van der Waals surface area contributed by atoms with Gasteiger partial charge in [0.1, 0.15) is 0 Å². The first kappa shape index (κ1) is 55.3. The molecular formula is C58H68Cl2F2N2O6. The number of benzene rings is 5. The van der Waals surface area contributed by atoms with E-state index in [9.17, 15) is 18.4 Å². The van der Waals surface area contributed by atoms with Crippen molar-refractivity contribution in [1.29, 1.82) is 0 Å². The van der Waals surface area contributed by atoms with E-state index in [4.69, 9.17) is 42.1 Å². The lowest BCUT2D eigenvalue weighted by Crippen LogP contribution is -2.11. The number of rotatable bonds is 32. The Hall–Kier alpha value is -5.58. The quantitative estimate of drug-likeness (QED) is 0.0184. The molecule has 5 aromatic carbocycles. The minimum absolute atomic E-state index is 0.0272. The van der Waals surface area contributed by atoms with Crippen LogP contribution < -0.4 is 18.9 Å². The monoisotopic (exact) mass is 996 g/mol. The lowest BCUT2D eigenvalue weighted by atomic mass is 10.1. The van der Waals surface area contributed by atoms with Gasteiger partial charge in [-0.15, -0.1) is 0 Å². The number of unbranched alkanes of at least 4 members (excludes halogenated alkanes) is 18. The molecule has 8 nitrogen and oxygen atoms in total. The normalized spacial score (nSPS) is 11.4. The molecule has 5 aromatic rings. The molecule has 374 valence electrons. The molecule has 0 bridgehead atoms. The Balaban J connectivity index is 1.04. The number of hydrogen-bond donors (Lipinski definition) is 0. The summed E-state index contributed by atoms with van der Waals surface area (Å²) in [4.78, 5) is 35.0. The average molecular weight is 998 g/mol. The number of ether oxygens (including phenoxy) is 4. The van der Waals surface area contributed by atoms with Crippen molar-refractivity contribution >= 4 is 58.9 Å². The molecule has 70 heavy (non-hydrogen) atoms. The molecule has 0 aliphatic rings. The molecule has 12 heteroatoms. The van der Waals surface area contributed by atoms with Gasteiger partial charge in [0.25, 0.3) is 0 Å². The minimum atomic E-state index is -0.718.